The number of aliphatic imine (C=N–C) groups is 1. The summed E-state index contributed by atoms with van der Waals surface area (Å²) in [4.78, 5) is 40.2. The molecule has 0 spiro atoms. The second-order valence-electron chi connectivity index (χ2n) is 5.91. The van der Waals surface area contributed by atoms with Gasteiger partial charge in [-0.1, -0.05) is 6.07 Å². The molecule has 3 rings (SSSR count). The maximum absolute atomic E-state index is 12.7. The Kier molecular flexibility index (Phi) is 5.64. The van der Waals surface area contributed by atoms with E-state index >= 15 is 0 Å². The molecular weight excluding hydrogens is 398 g/mol. The van der Waals surface area contributed by atoms with Crippen LogP contribution in [0.5, 0.6) is 5.75 Å². The fourth-order valence-corrected chi connectivity index (χ4v) is 3.65. The van der Waals surface area contributed by atoms with Gasteiger partial charge in [0.2, 0.25) is 0 Å². The molecule has 9 nitrogen and oxygen atoms in total. The molecule has 10 heteroatoms. The molecule has 2 aromatic carbocycles. The van der Waals surface area contributed by atoms with E-state index in [4.69, 9.17) is 5.11 Å². The molecule has 2 N–H and O–H groups in total. The number of likely N-dealkylation sites (N-methyl/N-ethyl adjacent to an activating group) is 1. The molecule has 1 amide bonds. The summed E-state index contributed by atoms with van der Waals surface area (Å²) in [6, 6.07) is 9.54. The standard InChI is InChI=1S/C19H15N3O6S/c1-2-21-17(24)16(10-12-9-14(22(27)28)6-7-15(12)23)29-19(21)20-13-5-3-4-11(8-13)18(25)26/h3-10,23H,2H2,1H3,(H,25,26)/b16-10-,20-19?. The van der Waals surface area contributed by atoms with E-state index in [-0.39, 0.29) is 33.4 Å². The van der Waals surface area contributed by atoms with Gasteiger partial charge in [0, 0.05) is 24.2 Å². The van der Waals surface area contributed by atoms with Crippen molar-refractivity contribution in [2.75, 3.05) is 6.54 Å². The Morgan fingerprint density at radius 2 is 2.07 bits per heavy atom. The number of nitrogens with zero attached hydrogens (tertiary/aromatic N) is 3. The smallest absolute Gasteiger partial charge is 0.335 e. The van der Waals surface area contributed by atoms with Crippen LogP contribution < -0.4 is 0 Å². The molecule has 0 aliphatic carbocycles. The van der Waals surface area contributed by atoms with Gasteiger partial charge in [-0.15, -0.1) is 0 Å². The minimum absolute atomic E-state index is 0.0708. The van der Waals surface area contributed by atoms with Crippen LogP contribution in [-0.2, 0) is 4.79 Å². The summed E-state index contributed by atoms with van der Waals surface area (Å²) in [5.41, 5.74) is 0.372. The third kappa shape index (κ3) is 4.27. The van der Waals surface area contributed by atoms with E-state index < -0.39 is 10.9 Å². The molecule has 1 fully saturated rings. The number of non-ortho nitro benzene ring substituents is 1. The van der Waals surface area contributed by atoms with Crippen molar-refractivity contribution >= 4 is 46.3 Å². The van der Waals surface area contributed by atoms with Crippen molar-refractivity contribution in [3.63, 3.8) is 0 Å². The number of carboxylic acids is 1. The number of benzene rings is 2. The predicted molar refractivity (Wildman–Crippen MR) is 108 cm³/mol. The maximum Gasteiger partial charge on any atom is 0.335 e. The van der Waals surface area contributed by atoms with Crippen molar-refractivity contribution in [2.45, 2.75) is 6.92 Å². The first-order valence-corrected chi connectivity index (χ1v) is 9.22. The Hall–Kier alpha value is -3.66. The highest BCUT2D eigenvalue weighted by molar-refractivity contribution is 8.18. The highest BCUT2D eigenvalue weighted by Gasteiger charge is 2.32. The Morgan fingerprint density at radius 3 is 2.72 bits per heavy atom. The van der Waals surface area contributed by atoms with Crippen LogP contribution in [0, 0.1) is 10.1 Å². The fourth-order valence-electron chi connectivity index (χ4n) is 2.60. The van der Waals surface area contributed by atoms with Gasteiger partial charge in [-0.3, -0.25) is 19.8 Å². The molecule has 0 radical (unpaired) electrons. The van der Waals surface area contributed by atoms with Crippen molar-refractivity contribution < 1.29 is 24.7 Å². The Bertz CT molecular complexity index is 1080. The number of amidine groups is 1. The summed E-state index contributed by atoms with van der Waals surface area (Å²) < 4.78 is 0. The third-order valence-corrected chi connectivity index (χ3v) is 5.04. The SMILES string of the molecule is CCN1C(=O)/C(=C/c2cc([N+](=O)[O-])ccc2O)SC1=Nc1cccc(C(=O)O)c1. The fraction of sp³-hybridized carbons (Fsp3) is 0.105. The first kappa shape index (κ1) is 20.1. The lowest BCUT2D eigenvalue weighted by Gasteiger charge is -2.12. The first-order valence-electron chi connectivity index (χ1n) is 8.41. The highest BCUT2D eigenvalue weighted by Crippen LogP contribution is 2.36. The van der Waals surface area contributed by atoms with Gasteiger partial charge in [0.15, 0.2) is 5.17 Å². The number of carbonyl (C=O) groups is 2. The minimum atomic E-state index is -1.09. The number of carboxylic acid groups (broad SMARTS) is 1. The number of aromatic carboxylic acids is 1. The normalized spacial score (nSPS) is 16.6. The van der Waals surface area contributed by atoms with Crippen molar-refractivity contribution in [1.29, 1.82) is 0 Å². The van der Waals surface area contributed by atoms with Gasteiger partial charge in [0.05, 0.1) is 21.1 Å². The van der Waals surface area contributed by atoms with Gasteiger partial charge in [-0.25, -0.2) is 9.79 Å². The molecule has 1 heterocycles. The predicted octanol–water partition coefficient (Wildman–Crippen LogP) is 3.62. The number of nitro groups is 1. The lowest BCUT2D eigenvalue weighted by atomic mass is 10.1. The maximum atomic E-state index is 12.7. The molecule has 148 valence electrons. The number of carbonyl (C=O) groups excluding carboxylic acids is 1. The zero-order valence-electron chi connectivity index (χ0n) is 15.1. The van der Waals surface area contributed by atoms with Crippen LogP contribution in [0.1, 0.15) is 22.8 Å². The van der Waals surface area contributed by atoms with Crippen molar-refractivity contribution in [3.05, 3.63) is 68.6 Å². The molecule has 0 bridgehead atoms. The van der Waals surface area contributed by atoms with E-state index in [1.165, 1.54) is 41.3 Å². The lowest BCUT2D eigenvalue weighted by molar-refractivity contribution is -0.384. The van der Waals surface area contributed by atoms with E-state index in [0.29, 0.717) is 17.4 Å². The minimum Gasteiger partial charge on any atom is -0.507 e. The van der Waals surface area contributed by atoms with Gasteiger partial charge in [-0.2, -0.15) is 0 Å². The van der Waals surface area contributed by atoms with Crippen molar-refractivity contribution in [2.24, 2.45) is 4.99 Å². The molecule has 0 aromatic heterocycles. The van der Waals surface area contributed by atoms with E-state index in [1.54, 1.807) is 19.1 Å². The number of amides is 1. The van der Waals surface area contributed by atoms with Gasteiger partial charge in [-0.05, 0) is 49.0 Å². The van der Waals surface area contributed by atoms with E-state index in [2.05, 4.69) is 4.99 Å². The van der Waals surface area contributed by atoms with Gasteiger partial charge >= 0.3 is 5.97 Å². The first-order chi connectivity index (χ1) is 13.8. The Morgan fingerprint density at radius 1 is 1.31 bits per heavy atom. The van der Waals surface area contributed by atoms with Crippen LogP contribution in [-0.4, -0.2) is 43.6 Å². The summed E-state index contributed by atoms with van der Waals surface area (Å²) in [6.45, 7) is 2.08. The van der Waals surface area contributed by atoms with Crippen LogP contribution in [0.15, 0.2) is 52.4 Å². The van der Waals surface area contributed by atoms with Crippen LogP contribution >= 0.6 is 11.8 Å². The average Bonchev–Trinajstić information content (AvgIpc) is 2.97. The summed E-state index contributed by atoms with van der Waals surface area (Å²) in [5, 5.41) is 30.4. The second kappa shape index (κ2) is 8.15. The quantitative estimate of drug-likeness (QED) is 0.434. The summed E-state index contributed by atoms with van der Waals surface area (Å²) in [5.74, 6) is -1.65. The number of phenols is 1. The van der Waals surface area contributed by atoms with E-state index in [1.807, 2.05) is 0 Å². The van der Waals surface area contributed by atoms with E-state index in [0.717, 1.165) is 11.8 Å². The van der Waals surface area contributed by atoms with Gasteiger partial charge < -0.3 is 10.2 Å². The molecule has 2 aromatic rings. The highest BCUT2D eigenvalue weighted by atomic mass is 32.2. The molecule has 29 heavy (non-hydrogen) atoms. The van der Waals surface area contributed by atoms with Crippen LogP contribution in [0.4, 0.5) is 11.4 Å². The van der Waals surface area contributed by atoms with Crippen LogP contribution in [0.3, 0.4) is 0 Å². The summed E-state index contributed by atoms with van der Waals surface area (Å²) in [7, 11) is 0. The number of nitro benzene ring substituents is 1. The molecule has 1 aliphatic heterocycles. The zero-order chi connectivity index (χ0) is 21.1. The van der Waals surface area contributed by atoms with E-state index in [9.17, 15) is 24.8 Å². The third-order valence-electron chi connectivity index (χ3n) is 4.03. The van der Waals surface area contributed by atoms with Crippen molar-refractivity contribution in [1.82, 2.24) is 4.90 Å². The van der Waals surface area contributed by atoms with Gasteiger partial charge in [0.25, 0.3) is 11.6 Å². The average molecular weight is 413 g/mol. The molecule has 1 aliphatic rings. The number of thioether (sulfide) groups is 1. The van der Waals surface area contributed by atoms with Gasteiger partial charge in [0.1, 0.15) is 5.75 Å². The van der Waals surface area contributed by atoms with Crippen molar-refractivity contribution in [3.8, 4) is 5.75 Å². The lowest BCUT2D eigenvalue weighted by Crippen LogP contribution is -2.28. The molecular formula is C19H15N3O6S. The Labute approximate surface area is 169 Å². The molecule has 1 saturated heterocycles. The summed E-state index contributed by atoms with van der Waals surface area (Å²) in [6.07, 6.45) is 1.37. The number of phenolic OH excluding ortho intramolecular Hbond substituents is 1. The number of hydrogen-bond donors (Lipinski definition) is 2. The monoisotopic (exact) mass is 413 g/mol. The largest absolute Gasteiger partial charge is 0.507 e. The number of rotatable bonds is 5. The molecule has 0 saturated carbocycles. The molecule has 0 atom stereocenters. The molecule has 0 unspecified atom stereocenters. The van der Waals surface area contributed by atoms with Crippen LogP contribution in [0.2, 0.25) is 0 Å². The number of hydrogen-bond acceptors (Lipinski definition) is 7. The second-order valence-corrected chi connectivity index (χ2v) is 6.92. The zero-order valence-corrected chi connectivity index (χ0v) is 15.9. The topological polar surface area (TPSA) is 133 Å². The number of aromatic hydroxyl groups is 1. The van der Waals surface area contributed by atoms with Crippen LogP contribution in [0.25, 0.3) is 6.08 Å². The summed E-state index contributed by atoms with van der Waals surface area (Å²) >= 11 is 1.04. The Balaban J connectivity index is 1.98.